The van der Waals surface area contributed by atoms with Crippen LogP contribution in [0.1, 0.15) is 36.8 Å². The first kappa shape index (κ1) is 21.0. The summed E-state index contributed by atoms with van der Waals surface area (Å²) in [6, 6.07) is 8.59. The molecule has 7 nitrogen and oxygen atoms in total. The van der Waals surface area contributed by atoms with Crippen molar-refractivity contribution in [2.45, 2.75) is 45.1 Å². The van der Waals surface area contributed by atoms with Gasteiger partial charge in [-0.1, -0.05) is 60.7 Å². The minimum absolute atomic E-state index is 0.0895. The summed E-state index contributed by atoms with van der Waals surface area (Å²) >= 11 is 1.33. The Morgan fingerprint density at radius 1 is 1.09 bits per heavy atom. The van der Waals surface area contributed by atoms with E-state index in [-0.39, 0.29) is 41.9 Å². The molecule has 5 atom stereocenters. The molecule has 2 aromatic rings. The molecule has 6 rings (SSSR count). The molecular weight excluding hydrogens is 424 g/mol. The zero-order chi connectivity index (χ0) is 22.2. The van der Waals surface area contributed by atoms with Crippen LogP contribution in [0.25, 0.3) is 0 Å². The molecule has 166 valence electrons. The SMILES string of the molecule is CCCc1nnc(NC(=O)[C@@H](Cc2ccccc2)N2C(=O)[C@@H]3[C@H](C2=O)[C@H]2C=C[C@H]3CC2)s1. The average molecular weight is 451 g/mol. The summed E-state index contributed by atoms with van der Waals surface area (Å²) in [7, 11) is 0. The van der Waals surface area contributed by atoms with E-state index in [1.807, 2.05) is 30.3 Å². The lowest BCUT2D eigenvalue weighted by molar-refractivity contribution is -0.146. The van der Waals surface area contributed by atoms with E-state index < -0.39 is 11.9 Å². The first-order valence-electron chi connectivity index (χ1n) is 11.3. The second kappa shape index (κ2) is 8.58. The maximum atomic E-state index is 13.5. The van der Waals surface area contributed by atoms with Crippen molar-refractivity contribution in [3.05, 3.63) is 53.1 Å². The maximum Gasteiger partial charge on any atom is 0.249 e. The van der Waals surface area contributed by atoms with Crippen molar-refractivity contribution in [3.8, 4) is 0 Å². The second-order valence-electron chi connectivity index (χ2n) is 8.83. The molecule has 3 amide bonds. The smallest absolute Gasteiger partial charge is 0.249 e. The van der Waals surface area contributed by atoms with Crippen LogP contribution < -0.4 is 5.32 Å². The summed E-state index contributed by atoms with van der Waals surface area (Å²) in [6.45, 7) is 2.06. The zero-order valence-corrected chi connectivity index (χ0v) is 18.8. The van der Waals surface area contributed by atoms with E-state index in [1.165, 1.54) is 16.2 Å². The van der Waals surface area contributed by atoms with Crippen LogP contribution in [0.4, 0.5) is 5.13 Å². The van der Waals surface area contributed by atoms with Crippen molar-refractivity contribution in [1.82, 2.24) is 15.1 Å². The van der Waals surface area contributed by atoms with E-state index in [0.29, 0.717) is 5.13 Å². The van der Waals surface area contributed by atoms with Gasteiger partial charge >= 0.3 is 0 Å². The van der Waals surface area contributed by atoms with E-state index in [2.05, 4.69) is 34.6 Å². The fraction of sp³-hybridized carbons (Fsp3) is 0.458. The summed E-state index contributed by atoms with van der Waals surface area (Å²) in [5.74, 6) is -1.31. The Morgan fingerprint density at radius 2 is 1.75 bits per heavy atom. The third kappa shape index (κ3) is 3.66. The molecule has 1 saturated heterocycles. The Morgan fingerprint density at radius 3 is 2.34 bits per heavy atom. The number of amides is 3. The summed E-state index contributed by atoms with van der Waals surface area (Å²) in [6.07, 6.45) is 8.04. The number of allylic oxidation sites excluding steroid dienone is 2. The third-order valence-electron chi connectivity index (χ3n) is 6.84. The predicted molar refractivity (Wildman–Crippen MR) is 121 cm³/mol. The number of aryl methyl sites for hydroxylation is 1. The van der Waals surface area contributed by atoms with Gasteiger partial charge in [0.05, 0.1) is 11.8 Å². The van der Waals surface area contributed by atoms with Crippen molar-refractivity contribution < 1.29 is 14.4 Å². The standard InChI is InChI=1S/C24H26N4O3S/c1-2-6-18-26-27-24(32-18)25-21(29)17(13-14-7-4-3-5-8-14)28-22(30)19-15-9-10-16(12-11-15)20(19)23(28)31/h3-5,7-10,15-17,19-20H,2,6,11-13H2,1H3,(H,25,27,29)/t15-,16-,17+,19-,20+/m0/s1. The Labute approximate surface area is 190 Å². The van der Waals surface area contributed by atoms with Crippen LogP contribution in [0.2, 0.25) is 0 Å². The van der Waals surface area contributed by atoms with E-state index in [4.69, 9.17) is 0 Å². The molecule has 8 heteroatoms. The molecule has 0 radical (unpaired) electrons. The number of hydrogen-bond donors (Lipinski definition) is 1. The topological polar surface area (TPSA) is 92.3 Å². The fourth-order valence-corrected chi connectivity index (χ4v) is 6.20. The molecule has 1 aliphatic heterocycles. The Bertz CT molecular complexity index is 1030. The number of carbonyl (C=O) groups is 3. The van der Waals surface area contributed by atoms with E-state index in [9.17, 15) is 14.4 Å². The van der Waals surface area contributed by atoms with Gasteiger partial charge in [0, 0.05) is 12.8 Å². The van der Waals surface area contributed by atoms with Crippen molar-refractivity contribution in [2.24, 2.45) is 23.7 Å². The lowest BCUT2D eigenvalue weighted by atomic mass is 9.63. The molecule has 3 aliphatic carbocycles. The van der Waals surface area contributed by atoms with Gasteiger partial charge in [-0.25, -0.2) is 0 Å². The van der Waals surface area contributed by atoms with Crippen LogP contribution in [0.5, 0.6) is 0 Å². The molecule has 0 spiro atoms. The molecule has 1 saturated carbocycles. The minimum Gasteiger partial charge on any atom is -0.299 e. The highest BCUT2D eigenvalue weighted by Crippen LogP contribution is 2.50. The van der Waals surface area contributed by atoms with E-state index >= 15 is 0 Å². The second-order valence-corrected chi connectivity index (χ2v) is 9.90. The Balaban J connectivity index is 1.44. The van der Waals surface area contributed by atoms with Gasteiger partial charge in [-0.05, 0) is 36.7 Å². The van der Waals surface area contributed by atoms with Crippen LogP contribution in [-0.4, -0.2) is 38.9 Å². The molecule has 1 aromatic carbocycles. The van der Waals surface area contributed by atoms with Crippen molar-refractivity contribution in [1.29, 1.82) is 0 Å². The maximum absolute atomic E-state index is 13.5. The Hall–Kier alpha value is -2.87. The Kier molecular flexibility index (Phi) is 5.63. The molecule has 2 heterocycles. The number of hydrogen-bond acceptors (Lipinski definition) is 6. The van der Waals surface area contributed by atoms with E-state index in [1.54, 1.807) is 0 Å². The number of anilines is 1. The number of imide groups is 1. The van der Waals surface area contributed by atoms with Gasteiger partial charge in [0.2, 0.25) is 22.9 Å². The number of nitrogens with one attached hydrogen (secondary N) is 1. The van der Waals surface area contributed by atoms with Gasteiger partial charge in [-0.15, -0.1) is 10.2 Å². The first-order valence-corrected chi connectivity index (χ1v) is 12.1. The highest BCUT2D eigenvalue weighted by Gasteiger charge is 2.58. The lowest BCUT2D eigenvalue weighted by Crippen LogP contribution is -2.49. The van der Waals surface area contributed by atoms with Crippen LogP contribution in [0.3, 0.4) is 0 Å². The normalized spacial score (nSPS) is 27.0. The van der Waals surface area contributed by atoms with Crippen molar-refractivity contribution in [2.75, 3.05) is 5.32 Å². The molecule has 1 aromatic heterocycles. The molecular formula is C24H26N4O3S. The summed E-state index contributed by atoms with van der Waals surface area (Å²) in [5.41, 5.74) is 0.896. The molecule has 1 N–H and O–H groups in total. The molecule has 4 aliphatic rings. The third-order valence-corrected chi connectivity index (χ3v) is 7.74. The number of rotatable bonds is 7. The molecule has 32 heavy (non-hydrogen) atoms. The van der Waals surface area contributed by atoms with Crippen molar-refractivity contribution >= 4 is 34.2 Å². The monoisotopic (exact) mass is 450 g/mol. The number of likely N-dealkylation sites (tertiary alicyclic amines) is 1. The van der Waals surface area contributed by atoms with E-state index in [0.717, 1.165) is 36.3 Å². The summed E-state index contributed by atoms with van der Waals surface area (Å²) < 4.78 is 0. The van der Waals surface area contributed by atoms with Crippen LogP contribution in [0.15, 0.2) is 42.5 Å². The van der Waals surface area contributed by atoms with Crippen molar-refractivity contribution in [3.63, 3.8) is 0 Å². The van der Waals surface area contributed by atoms with Gasteiger partial charge in [0.25, 0.3) is 0 Å². The zero-order valence-electron chi connectivity index (χ0n) is 17.9. The number of aromatic nitrogens is 2. The number of carbonyl (C=O) groups excluding carboxylic acids is 3. The molecule has 0 unspecified atom stereocenters. The van der Waals surface area contributed by atoms with Crippen LogP contribution in [0, 0.1) is 23.7 Å². The summed E-state index contributed by atoms with van der Waals surface area (Å²) in [5, 5.41) is 12.3. The molecule has 2 fully saturated rings. The molecule has 2 bridgehead atoms. The highest BCUT2D eigenvalue weighted by molar-refractivity contribution is 7.15. The predicted octanol–water partition coefficient (Wildman–Crippen LogP) is 3.24. The largest absolute Gasteiger partial charge is 0.299 e. The number of benzene rings is 1. The summed E-state index contributed by atoms with van der Waals surface area (Å²) in [4.78, 5) is 41.6. The first-order chi connectivity index (χ1) is 15.6. The van der Waals surface area contributed by atoms with Gasteiger partial charge in [-0.3, -0.25) is 24.6 Å². The number of nitrogens with zero attached hydrogens (tertiary/aromatic N) is 3. The van der Waals surface area contributed by atoms with Crippen LogP contribution >= 0.6 is 11.3 Å². The quantitative estimate of drug-likeness (QED) is 0.516. The van der Waals surface area contributed by atoms with Crippen LogP contribution in [-0.2, 0) is 27.2 Å². The fourth-order valence-electron chi connectivity index (χ4n) is 5.35. The highest BCUT2D eigenvalue weighted by atomic mass is 32.1. The van der Waals surface area contributed by atoms with Gasteiger partial charge in [0.1, 0.15) is 11.0 Å². The average Bonchev–Trinajstić information content (AvgIpc) is 3.37. The van der Waals surface area contributed by atoms with Gasteiger partial charge in [0.15, 0.2) is 0 Å². The van der Waals surface area contributed by atoms with Gasteiger partial charge < -0.3 is 0 Å². The lowest BCUT2D eigenvalue weighted by Gasteiger charge is -2.38. The minimum atomic E-state index is -0.916. The van der Waals surface area contributed by atoms with Gasteiger partial charge in [-0.2, -0.15) is 0 Å². The number of fused-ring (bicyclic) bond motifs is 1.